The van der Waals surface area contributed by atoms with Gasteiger partial charge in [-0.25, -0.2) is 5.43 Å². The van der Waals surface area contributed by atoms with Crippen LogP contribution in [0, 0.1) is 34.6 Å². The summed E-state index contributed by atoms with van der Waals surface area (Å²) in [5, 5.41) is 8.37. The summed E-state index contributed by atoms with van der Waals surface area (Å²) in [7, 11) is 0. The van der Waals surface area contributed by atoms with E-state index in [2.05, 4.69) is 51.0 Å². The maximum atomic E-state index is 13.8. The molecule has 0 bridgehead atoms. The van der Waals surface area contributed by atoms with Gasteiger partial charge in [0.15, 0.2) is 0 Å². The van der Waals surface area contributed by atoms with Crippen molar-refractivity contribution in [1.82, 2.24) is 14.6 Å². The van der Waals surface area contributed by atoms with E-state index < -0.39 is 0 Å². The molecule has 2 aromatic carbocycles. The van der Waals surface area contributed by atoms with E-state index in [4.69, 9.17) is 0 Å². The Morgan fingerprint density at radius 3 is 2.18 bits per heavy atom. The SMILES string of the molecule is Cc1ccc(NC(=O)c2c(-n3c(C)cc(/C=N\NC(=O)c4ccc(-n5c(C)ccc5C)cc4)c3C)sc3c2CCCC3)cc1. The highest BCUT2D eigenvalue weighted by Crippen LogP contribution is 2.39. The summed E-state index contributed by atoms with van der Waals surface area (Å²) in [4.78, 5) is 27.9. The van der Waals surface area contributed by atoms with E-state index in [1.54, 1.807) is 17.6 Å². The zero-order chi connectivity index (χ0) is 31.0. The summed E-state index contributed by atoms with van der Waals surface area (Å²) in [6.45, 7) is 10.2. The van der Waals surface area contributed by atoms with Gasteiger partial charge in [0, 0.05) is 50.2 Å². The average Bonchev–Trinajstić information content (AvgIpc) is 3.65. The van der Waals surface area contributed by atoms with Crippen LogP contribution in [0.3, 0.4) is 0 Å². The first-order valence-electron chi connectivity index (χ1n) is 15.0. The number of fused-ring (bicyclic) bond motifs is 1. The van der Waals surface area contributed by atoms with Crippen LogP contribution >= 0.6 is 11.3 Å². The van der Waals surface area contributed by atoms with Crippen molar-refractivity contribution in [2.24, 2.45) is 5.10 Å². The minimum absolute atomic E-state index is 0.0775. The molecule has 0 radical (unpaired) electrons. The third-order valence-corrected chi connectivity index (χ3v) is 9.67. The van der Waals surface area contributed by atoms with Gasteiger partial charge in [-0.1, -0.05) is 17.7 Å². The van der Waals surface area contributed by atoms with Crippen LogP contribution in [0.4, 0.5) is 5.69 Å². The average molecular weight is 604 g/mol. The zero-order valence-electron chi connectivity index (χ0n) is 25.8. The van der Waals surface area contributed by atoms with Gasteiger partial charge in [0.05, 0.1) is 11.8 Å². The number of thiophene rings is 1. The summed E-state index contributed by atoms with van der Waals surface area (Å²) in [5.74, 6) is -0.352. The van der Waals surface area contributed by atoms with E-state index in [9.17, 15) is 9.59 Å². The monoisotopic (exact) mass is 603 g/mol. The lowest BCUT2D eigenvalue weighted by atomic mass is 9.95. The predicted molar refractivity (Wildman–Crippen MR) is 179 cm³/mol. The lowest BCUT2D eigenvalue weighted by molar-refractivity contribution is 0.0954. The molecule has 5 aromatic rings. The Morgan fingerprint density at radius 2 is 1.48 bits per heavy atom. The third-order valence-electron chi connectivity index (χ3n) is 8.39. The van der Waals surface area contributed by atoms with E-state index in [1.165, 1.54) is 10.4 Å². The highest BCUT2D eigenvalue weighted by molar-refractivity contribution is 7.15. The molecule has 1 aliphatic rings. The van der Waals surface area contributed by atoms with Gasteiger partial charge in [-0.15, -0.1) is 11.3 Å². The number of rotatable bonds is 7. The van der Waals surface area contributed by atoms with Gasteiger partial charge < -0.3 is 14.5 Å². The van der Waals surface area contributed by atoms with Crippen LogP contribution < -0.4 is 10.7 Å². The number of anilines is 1. The summed E-state index contributed by atoms with van der Waals surface area (Å²) >= 11 is 1.71. The summed E-state index contributed by atoms with van der Waals surface area (Å²) in [6.07, 6.45) is 5.81. The van der Waals surface area contributed by atoms with Gasteiger partial charge in [-0.05, 0) is 120 Å². The normalized spacial score (nSPS) is 12.8. The number of hydrazone groups is 1. The molecular formula is C36H37N5O2S. The van der Waals surface area contributed by atoms with Gasteiger partial charge in [0.1, 0.15) is 5.00 Å². The van der Waals surface area contributed by atoms with Gasteiger partial charge in [0.25, 0.3) is 11.8 Å². The van der Waals surface area contributed by atoms with Crippen molar-refractivity contribution in [2.75, 3.05) is 5.32 Å². The van der Waals surface area contributed by atoms with Gasteiger partial charge in [-0.2, -0.15) is 5.10 Å². The van der Waals surface area contributed by atoms with Crippen LogP contribution in [-0.2, 0) is 12.8 Å². The number of aryl methyl sites for hydroxylation is 5. The number of carbonyl (C=O) groups is 2. The first-order valence-corrected chi connectivity index (χ1v) is 15.8. The van der Waals surface area contributed by atoms with Crippen molar-refractivity contribution < 1.29 is 9.59 Å². The Kier molecular flexibility index (Phi) is 8.10. The smallest absolute Gasteiger partial charge is 0.271 e. The third kappa shape index (κ3) is 5.65. The Labute approximate surface area is 262 Å². The van der Waals surface area contributed by atoms with Crippen molar-refractivity contribution in [2.45, 2.75) is 60.3 Å². The summed E-state index contributed by atoms with van der Waals surface area (Å²) < 4.78 is 4.30. The van der Waals surface area contributed by atoms with Gasteiger partial charge >= 0.3 is 0 Å². The number of nitrogens with one attached hydrogen (secondary N) is 2. The molecule has 3 heterocycles. The van der Waals surface area contributed by atoms with E-state index in [-0.39, 0.29) is 11.8 Å². The van der Waals surface area contributed by atoms with E-state index in [0.29, 0.717) is 5.56 Å². The van der Waals surface area contributed by atoms with Crippen LogP contribution in [0.5, 0.6) is 0 Å². The molecular weight excluding hydrogens is 566 g/mol. The molecule has 224 valence electrons. The fraction of sp³-hybridized carbons (Fsp3) is 0.250. The maximum absolute atomic E-state index is 13.8. The molecule has 3 aromatic heterocycles. The topological polar surface area (TPSA) is 80.4 Å². The fourth-order valence-corrected chi connectivity index (χ4v) is 7.56. The molecule has 8 heteroatoms. The molecule has 0 aliphatic heterocycles. The van der Waals surface area contributed by atoms with Gasteiger partial charge in [-0.3, -0.25) is 9.59 Å². The minimum Gasteiger partial charge on any atom is -0.322 e. The molecule has 0 saturated heterocycles. The number of carbonyl (C=O) groups excluding carboxylic acids is 2. The molecule has 44 heavy (non-hydrogen) atoms. The van der Waals surface area contributed by atoms with E-state index in [0.717, 1.165) is 81.5 Å². The van der Waals surface area contributed by atoms with Crippen molar-refractivity contribution >= 4 is 35.1 Å². The Balaban J connectivity index is 1.23. The second-order valence-electron chi connectivity index (χ2n) is 11.6. The zero-order valence-corrected chi connectivity index (χ0v) is 26.6. The second-order valence-corrected chi connectivity index (χ2v) is 12.7. The van der Waals surface area contributed by atoms with Crippen molar-refractivity contribution in [3.05, 3.63) is 122 Å². The number of nitrogens with zero attached hydrogens (tertiary/aromatic N) is 3. The maximum Gasteiger partial charge on any atom is 0.271 e. The second kappa shape index (κ2) is 12.1. The van der Waals surface area contributed by atoms with Crippen molar-refractivity contribution in [3.63, 3.8) is 0 Å². The van der Waals surface area contributed by atoms with E-state index >= 15 is 0 Å². The molecule has 0 unspecified atom stereocenters. The fourth-order valence-electron chi connectivity index (χ4n) is 6.07. The Hall–Kier alpha value is -4.69. The molecule has 2 amide bonds. The van der Waals surface area contributed by atoms with Crippen molar-refractivity contribution in [3.8, 4) is 10.7 Å². The number of benzene rings is 2. The minimum atomic E-state index is -0.274. The molecule has 6 rings (SSSR count). The first-order chi connectivity index (χ1) is 21.2. The highest BCUT2D eigenvalue weighted by Gasteiger charge is 2.28. The van der Waals surface area contributed by atoms with Crippen LogP contribution in [0.2, 0.25) is 0 Å². The van der Waals surface area contributed by atoms with Crippen LogP contribution in [-0.4, -0.2) is 27.2 Å². The van der Waals surface area contributed by atoms with E-state index in [1.807, 2.05) is 75.4 Å². The lowest BCUT2D eigenvalue weighted by Crippen LogP contribution is -2.18. The molecule has 7 nitrogen and oxygen atoms in total. The Morgan fingerprint density at radius 1 is 0.795 bits per heavy atom. The molecule has 0 saturated carbocycles. The number of hydrogen-bond acceptors (Lipinski definition) is 4. The summed E-state index contributed by atoms with van der Waals surface area (Å²) in [5.41, 5.74) is 13.2. The molecule has 0 fully saturated rings. The molecule has 1 aliphatic carbocycles. The summed E-state index contributed by atoms with van der Waals surface area (Å²) in [6, 6.07) is 21.6. The highest BCUT2D eigenvalue weighted by atomic mass is 32.1. The Bertz CT molecular complexity index is 1870. The number of hydrogen-bond donors (Lipinski definition) is 2. The molecule has 0 atom stereocenters. The first kappa shape index (κ1) is 29.4. The number of aromatic nitrogens is 2. The van der Waals surface area contributed by atoms with Crippen LogP contribution in [0.25, 0.3) is 10.7 Å². The quantitative estimate of drug-likeness (QED) is 0.147. The van der Waals surface area contributed by atoms with Crippen molar-refractivity contribution in [1.29, 1.82) is 0 Å². The van der Waals surface area contributed by atoms with Gasteiger partial charge in [0.2, 0.25) is 0 Å². The molecule has 0 spiro atoms. The van der Waals surface area contributed by atoms with Crippen LogP contribution in [0.15, 0.2) is 71.8 Å². The predicted octanol–water partition coefficient (Wildman–Crippen LogP) is 7.77. The molecule has 2 N–H and O–H groups in total. The standard InChI is InChI=1S/C36H37N5O2S/c1-22-10-16-29(17-11-22)38-35(43)33-31-8-6-7-9-32(31)44-36(33)41-25(4)20-28(26(41)5)21-37-39-34(42)27-14-18-30(19-15-27)40-23(2)12-13-24(40)3/h10-21H,6-9H2,1-5H3,(H,38,43)(H,39,42)/b37-21-. The number of amides is 2. The van der Waals surface area contributed by atoms with Crippen LogP contribution in [0.1, 0.15) is 77.9 Å². The largest absolute Gasteiger partial charge is 0.322 e. The lowest BCUT2D eigenvalue weighted by Gasteiger charge is -2.14.